The average molecular weight is 305 g/mol. The molecule has 1 N–H and O–H groups in total. The lowest BCUT2D eigenvalue weighted by Gasteiger charge is -2.37. The third-order valence-electron chi connectivity index (χ3n) is 3.52. The summed E-state index contributed by atoms with van der Waals surface area (Å²) in [6.45, 7) is 0.396. The van der Waals surface area contributed by atoms with E-state index in [0.29, 0.717) is 18.5 Å². The summed E-state index contributed by atoms with van der Waals surface area (Å²) < 4.78 is 41.2. The fourth-order valence-corrected chi connectivity index (χ4v) is 2.92. The number of thioether (sulfide) groups is 1. The molecule has 0 amide bonds. The monoisotopic (exact) mass is 305 g/mol. The van der Waals surface area contributed by atoms with E-state index in [0.717, 1.165) is 18.6 Å². The van der Waals surface area contributed by atoms with Crippen molar-refractivity contribution >= 4 is 11.8 Å². The fraction of sp³-hybridized carbons (Fsp3) is 0.571. The zero-order valence-corrected chi connectivity index (χ0v) is 12.1. The Labute approximate surface area is 121 Å². The number of ether oxygens (including phenoxy) is 1. The highest BCUT2D eigenvalue weighted by Gasteiger charge is 2.32. The van der Waals surface area contributed by atoms with Gasteiger partial charge >= 0.3 is 5.51 Å². The maximum Gasteiger partial charge on any atom is 0.441 e. The van der Waals surface area contributed by atoms with Gasteiger partial charge in [0.25, 0.3) is 0 Å². The highest BCUT2D eigenvalue weighted by Crippen LogP contribution is 2.41. The van der Waals surface area contributed by atoms with Crippen LogP contribution in [0.3, 0.4) is 0 Å². The van der Waals surface area contributed by atoms with Crippen molar-refractivity contribution in [3.63, 3.8) is 0 Å². The number of hydrogen-bond donors (Lipinski definition) is 1. The van der Waals surface area contributed by atoms with Crippen LogP contribution in [0.4, 0.5) is 13.2 Å². The second-order valence-electron chi connectivity index (χ2n) is 4.86. The Morgan fingerprint density at radius 1 is 1.30 bits per heavy atom. The number of halogens is 3. The van der Waals surface area contributed by atoms with Crippen LogP contribution in [-0.2, 0) is 0 Å². The predicted octanol–water partition coefficient (Wildman–Crippen LogP) is 3.78. The van der Waals surface area contributed by atoms with Crippen molar-refractivity contribution in [3.8, 4) is 5.75 Å². The van der Waals surface area contributed by atoms with Crippen molar-refractivity contribution in [3.05, 3.63) is 29.8 Å². The molecule has 2 nitrogen and oxygen atoms in total. The second kappa shape index (κ2) is 6.72. The standard InChI is InChI=1S/C14H18F3NOS/c1-19-13-5-3-2-4-12(13)10-8-11(9-10)18-6-7-20-14(15,16)17/h2-5,10-11,18H,6-9H2,1H3. The zero-order chi connectivity index (χ0) is 14.6. The van der Waals surface area contributed by atoms with Crippen molar-refractivity contribution in [2.24, 2.45) is 0 Å². The Bertz CT molecular complexity index is 433. The molecule has 20 heavy (non-hydrogen) atoms. The van der Waals surface area contributed by atoms with Crippen molar-refractivity contribution in [1.82, 2.24) is 5.32 Å². The molecule has 0 unspecified atom stereocenters. The van der Waals surface area contributed by atoms with Gasteiger partial charge in [-0.25, -0.2) is 0 Å². The number of para-hydroxylation sites is 1. The Balaban J connectivity index is 1.70. The molecule has 112 valence electrons. The number of benzene rings is 1. The van der Waals surface area contributed by atoms with Crippen molar-refractivity contribution in [2.45, 2.75) is 30.3 Å². The normalized spacial score (nSPS) is 22.4. The average Bonchev–Trinajstić information content (AvgIpc) is 2.35. The van der Waals surface area contributed by atoms with Crippen LogP contribution < -0.4 is 10.1 Å². The summed E-state index contributed by atoms with van der Waals surface area (Å²) in [6.07, 6.45) is 1.91. The Hall–Kier alpha value is -0.880. The lowest BCUT2D eigenvalue weighted by Crippen LogP contribution is -2.41. The van der Waals surface area contributed by atoms with Gasteiger partial charge in [0.05, 0.1) is 7.11 Å². The Morgan fingerprint density at radius 2 is 2.00 bits per heavy atom. The number of nitrogens with one attached hydrogen (secondary N) is 1. The summed E-state index contributed by atoms with van der Waals surface area (Å²) in [4.78, 5) is 0. The largest absolute Gasteiger partial charge is 0.496 e. The molecule has 0 heterocycles. The maximum absolute atomic E-state index is 12.0. The van der Waals surface area contributed by atoms with E-state index in [2.05, 4.69) is 11.4 Å². The molecular weight excluding hydrogens is 287 g/mol. The zero-order valence-electron chi connectivity index (χ0n) is 11.2. The SMILES string of the molecule is COc1ccccc1C1CC(NCCSC(F)(F)F)C1. The molecule has 0 saturated heterocycles. The van der Waals surface area contributed by atoms with Crippen molar-refractivity contribution in [1.29, 1.82) is 0 Å². The van der Waals surface area contributed by atoms with Crippen molar-refractivity contribution < 1.29 is 17.9 Å². The summed E-state index contributed by atoms with van der Waals surface area (Å²) in [6, 6.07) is 8.23. The van der Waals surface area contributed by atoms with Gasteiger partial charge in [0, 0.05) is 18.3 Å². The fourth-order valence-electron chi connectivity index (χ4n) is 2.47. The van der Waals surface area contributed by atoms with Crippen LogP contribution in [0.15, 0.2) is 24.3 Å². The number of rotatable bonds is 6. The molecule has 1 aromatic rings. The van der Waals surface area contributed by atoms with Crippen LogP contribution in [0.25, 0.3) is 0 Å². The molecule has 6 heteroatoms. The predicted molar refractivity (Wildman–Crippen MR) is 75.3 cm³/mol. The van der Waals surface area contributed by atoms with Gasteiger partial charge in [0.2, 0.25) is 0 Å². The summed E-state index contributed by atoms with van der Waals surface area (Å²) in [7, 11) is 1.65. The van der Waals surface area contributed by atoms with E-state index in [1.165, 1.54) is 5.56 Å². The van der Waals surface area contributed by atoms with Gasteiger partial charge in [0.15, 0.2) is 0 Å². The molecule has 0 atom stereocenters. The molecule has 2 rings (SSSR count). The first-order valence-electron chi connectivity index (χ1n) is 6.56. The highest BCUT2D eigenvalue weighted by atomic mass is 32.2. The molecule has 1 saturated carbocycles. The van der Waals surface area contributed by atoms with Crippen LogP contribution >= 0.6 is 11.8 Å². The Kier molecular flexibility index (Phi) is 5.21. The molecule has 0 aromatic heterocycles. The van der Waals surface area contributed by atoms with E-state index in [-0.39, 0.29) is 17.5 Å². The minimum Gasteiger partial charge on any atom is -0.496 e. The molecule has 0 spiro atoms. The van der Waals surface area contributed by atoms with Crippen molar-refractivity contribution in [2.75, 3.05) is 19.4 Å². The summed E-state index contributed by atoms with van der Waals surface area (Å²) in [5.41, 5.74) is -2.93. The van der Waals surface area contributed by atoms with Gasteiger partial charge < -0.3 is 10.1 Å². The van der Waals surface area contributed by atoms with Crippen LogP contribution in [0.1, 0.15) is 24.3 Å². The lowest BCUT2D eigenvalue weighted by atomic mass is 9.75. The summed E-state index contributed by atoms with van der Waals surface area (Å²) in [5.74, 6) is 1.40. The molecule has 0 bridgehead atoms. The lowest BCUT2D eigenvalue weighted by molar-refractivity contribution is -0.0327. The van der Waals surface area contributed by atoms with E-state index >= 15 is 0 Å². The first-order valence-corrected chi connectivity index (χ1v) is 7.55. The van der Waals surface area contributed by atoms with E-state index < -0.39 is 5.51 Å². The molecule has 1 fully saturated rings. The number of alkyl halides is 3. The second-order valence-corrected chi connectivity index (χ2v) is 6.02. The van der Waals surface area contributed by atoms with Crippen LogP contribution in [0, 0.1) is 0 Å². The topological polar surface area (TPSA) is 21.3 Å². The smallest absolute Gasteiger partial charge is 0.441 e. The maximum atomic E-state index is 12.0. The van der Waals surface area contributed by atoms with Gasteiger partial charge in [-0.15, -0.1) is 0 Å². The minimum absolute atomic E-state index is 0.0309. The summed E-state index contributed by atoms with van der Waals surface area (Å²) >= 11 is 0.0309. The molecule has 0 radical (unpaired) electrons. The first-order chi connectivity index (χ1) is 9.49. The van der Waals surface area contributed by atoms with E-state index in [4.69, 9.17) is 4.74 Å². The number of methoxy groups -OCH3 is 1. The summed E-state index contributed by atoms with van der Waals surface area (Å²) in [5, 5.41) is 3.17. The van der Waals surface area contributed by atoms with Gasteiger partial charge in [0.1, 0.15) is 5.75 Å². The van der Waals surface area contributed by atoms with Crippen LogP contribution in [0.5, 0.6) is 5.75 Å². The first kappa shape index (κ1) is 15.5. The molecule has 1 aromatic carbocycles. The molecule has 0 aliphatic heterocycles. The van der Waals surface area contributed by atoms with Gasteiger partial charge in [-0.05, 0) is 42.2 Å². The molecular formula is C14H18F3NOS. The molecule has 1 aliphatic rings. The third kappa shape index (κ3) is 4.31. The van der Waals surface area contributed by atoms with Gasteiger partial charge in [-0.1, -0.05) is 18.2 Å². The van der Waals surface area contributed by atoms with E-state index in [1.54, 1.807) is 7.11 Å². The molecule has 1 aliphatic carbocycles. The quantitative estimate of drug-likeness (QED) is 0.808. The minimum atomic E-state index is -4.12. The van der Waals surface area contributed by atoms with Crippen LogP contribution in [-0.4, -0.2) is 31.0 Å². The third-order valence-corrected chi connectivity index (χ3v) is 4.25. The number of hydrogen-bond acceptors (Lipinski definition) is 3. The highest BCUT2D eigenvalue weighted by molar-refractivity contribution is 8.00. The van der Waals surface area contributed by atoms with Gasteiger partial charge in [-0.2, -0.15) is 13.2 Å². The van der Waals surface area contributed by atoms with E-state index in [1.807, 2.05) is 18.2 Å². The Morgan fingerprint density at radius 3 is 2.65 bits per heavy atom. The van der Waals surface area contributed by atoms with E-state index in [9.17, 15) is 13.2 Å². The van der Waals surface area contributed by atoms with Crippen LogP contribution in [0.2, 0.25) is 0 Å². The van der Waals surface area contributed by atoms with Gasteiger partial charge in [-0.3, -0.25) is 0 Å².